The fraction of sp³-hybridized carbons (Fsp3) is 0.600. The smallest absolute Gasteiger partial charge is 0.0555 e. The van der Waals surface area contributed by atoms with E-state index in [9.17, 15) is 39.6 Å². The summed E-state index contributed by atoms with van der Waals surface area (Å²) < 4.78 is 0. The quantitative estimate of drug-likeness (QED) is 0.226. The van der Waals surface area contributed by atoms with E-state index < -0.39 is 50.1 Å². The molecule has 0 heterocycles. The zero-order valence-corrected chi connectivity index (χ0v) is 16.5. The van der Waals surface area contributed by atoms with Crippen molar-refractivity contribution in [1.82, 2.24) is 9.80 Å². The third kappa shape index (κ3) is 16.8. The zero-order chi connectivity index (χ0) is 15.7. The Hall–Kier alpha value is 0.475. The molecule has 0 N–H and O–H groups in total. The summed E-state index contributed by atoms with van der Waals surface area (Å²) in [6.07, 6.45) is 0. The van der Waals surface area contributed by atoms with Gasteiger partial charge in [-0.2, -0.15) is 0 Å². The largest absolute Gasteiger partial charge is 0.549 e. The van der Waals surface area contributed by atoms with Crippen LogP contribution in [-0.2, 0) is 19.2 Å². The summed E-state index contributed by atoms with van der Waals surface area (Å²) in [6.45, 7) is -3.25. The average molecular weight is 589 g/mol. The molecular weight excluding hydrogens is 577 g/mol. The minimum Gasteiger partial charge on any atom is -0.549 e. The third-order valence-electron chi connectivity index (χ3n) is 2.14. The number of aliphatic carboxylic acids is 4. The van der Waals surface area contributed by atoms with Crippen molar-refractivity contribution in [2.24, 2.45) is 0 Å². The van der Waals surface area contributed by atoms with Crippen molar-refractivity contribution < 1.29 is 120 Å². The maximum Gasteiger partial charge on any atom is 0.0555 e. The number of carbonyl (C=O) groups excluding carboxylic acids is 4. The standard InChI is InChI=1S/C10H16N2O8.2Sm/c13-7(14)3-11(4-8(15)16)1-2-12(5-9(17)18)6-10(19)20;;/h1-6H2,(H,13,14)(H,15,16)(H,17,18)(H,19,20);;/p-4. The molecule has 0 aliphatic rings. The monoisotopic (exact) mass is 592 g/mol. The molecule has 12 heteroatoms. The van der Waals surface area contributed by atoms with Crippen LogP contribution in [0.15, 0.2) is 0 Å². The van der Waals surface area contributed by atoms with Gasteiger partial charge < -0.3 is 39.6 Å². The first kappa shape index (κ1) is 27.3. The normalized spacial score (nSPS) is 9.73. The average Bonchev–Trinajstić information content (AvgIpc) is 2.22. The van der Waals surface area contributed by atoms with Crippen LogP contribution in [0.2, 0.25) is 0 Å². The van der Waals surface area contributed by atoms with Gasteiger partial charge in [-0.3, -0.25) is 9.80 Å². The van der Waals surface area contributed by atoms with E-state index in [1.807, 2.05) is 0 Å². The van der Waals surface area contributed by atoms with Crippen LogP contribution >= 0.6 is 0 Å². The minimum absolute atomic E-state index is 0. The van der Waals surface area contributed by atoms with Crippen LogP contribution in [0.25, 0.3) is 0 Å². The minimum atomic E-state index is -1.53. The van der Waals surface area contributed by atoms with E-state index in [1.165, 1.54) is 0 Å². The first-order valence-corrected chi connectivity index (χ1v) is 5.44. The third-order valence-corrected chi connectivity index (χ3v) is 2.14. The fourth-order valence-electron chi connectivity index (χ4n) is 1.44. The van der Waals surface area contributed by atoms with Gasteiger partial charge in [-0.1, -0.05) is 0 Å². The van der Waals surface area contributed by atoms with Crippen LogP contribution in [0.5, 0.6) is 0 Å². The van der Waals surface area contributed by atoms with Crippen molar-refractivity contribution in [2.45, 2.75) is 0 Å². The Morgan fingerprint density at radius 2 is 0.727 bits per heavy atom. The molecule has 0 bridgehead atoms. The van der Waals surface area contributed by atoms with E-state index in [0.717, 1.165) is 9.80 Å². The molecule has 0 saturated heterocycles. The molecule has 22 heavy (non-hydrogen) atoms. The Kier molecular flexibility index (Phi) is 18.7. The van der Waals surface area contributed by atoms with Crippen molar-refractivity contribution in [1.29, 1.82) is 0 Å². The van der Waals surface area contributed by atoms with Crippen molar-refractivity contribution in [2.75, 3.05) is 39.3 Å². The molecule has 10 nitrogen and oxygen atoms in total. The van der Waals surface area contributed by atoms with E-state index in [1.54, 1.807) is 0 Å². The molecule has 0 aromatic rings. The van der Waals surface area contributed by atoms with E-state index in [-0.39, 0.29) is 93.9 Å². The van der Waals surface area contributed by atoms with Gasteiger partial charge in [-0.05, 0) is 0 Å². The van der Waals surface area contributed by atoms with Crippen molar-refractivity contribution in [3.63, 3.8) is 0 Å². The Morgan fingerprint density at radius 3 is 0.864 bits per heavy atom. The Labute approximate surface area is 191 Å². The predicted octanol–water partition coefficient (Wildman–Crippen LogP) is -7.41. The molecule has 0 fully saturated rings. The first-order valence-electron chi connectivity index (χ1n) is 5.44. The molecule has 0 aromatic carbocycles. The molecule has 0 atom stereocenters. The number of carbonyl (C=O) groups is 4. The summed E-state index contributed by atoms with van der Waals surface area (Å²) in [4.78, 5) is 43.4. The molecule has 0 saturated carbocycles. The van der Waals surface area contributed by atoms with Gasteiger partial charge in [-0.15, -0.1) is 0 Å². The second-order valence-electron chi connectivity index (χ2n) is 3.91. The van der Waals surface area contributed by atoms with E-state index in [2.05, 4.69) is 0 Å². The van der Waals surface area contributed by atoms with Crippen LogP contribution in [-0.4, -0.2) is 72.9 Å². The second kappa shape index (κ2) is 15.0. The summed E-state index contributed by atoms with van der Waals surface area (Å²) >= 11 is 0. The van der Waals surface area contributed by atoms with E-state index in [4.69, 9.17) is 0 Å². The second-order valence-corrected chi connectivity index (χ2v) is 3.91. The molecule has 0 radical (unpaired) electrons. The van der Waals surface area contributed by atoms with Crippen LogP contribution in [0, 0.1) is 80.8 Å². The number of rotatable bonds is 11. The first-order chi connectivity index (χ1) is 9.20. The van der Waals surface area contributed by atoms with Gasteiger partial charge >= 0.3 is 0 Å². The van der Waals surface area contributed by atoms with Crippen LogP contribution in [0.4, 0.5) is 0 Å². The van der Waals surface area contributed by atoms with Crippen molar-refractivity contribution >= 4 is 23.9 Å². The Balaban J connectivity index is -0.00000180. The number of hydrogen-bond acceptors (Lipinski definition) is 10. The van der Waals surface area contributed by atoms with Crippen LogP contribution < -0.4 is 20.4 Å². The van der Waals surface area contributed by atoms with Gasteiger partial charge in [0.05, 0.1) is 23.9 Å². The van der Waals surface area contributed by atoms with E-state index in [0.29, 0.717) is 0 Å². The van der Waals surface area contributed by atoms with Crippen LogP contribution in [0.1, 0.15) is 0 Å². The Bertz CT molecular complexity index is 325. The summed E-state index contributed by atoms with van der Waals surface area (Å²) in [5.74, 6) is -6.12. The topological polar surface area (TPSA) is 167 Å². The van der Waals surface area contributed by atoms with Crippen LogP contribution in [0.3, 0.4) is 0 Å². The number of hydrogen-bond donors (Lipinski definition) is 0. The number of nitrogens with zero attached hydrogens (tertiary/aromatic N) is 2. The molecule has 0 aliphatic carbocycles. The summed E-state index contributed by atoms with van der Waals surface area (Å²) in [7, 11) is 0. The summed E-state index contributed by atoms with van der Waals surface area (Å²) in [5.41, 5.74) is 0. The molecule has 0 amide bonds. The van der Waals surface area contributed by atoms with Gasteiger partial charge in [0.1, 0.15) is 0 Å². The van der Waals surface area contributed by atoms with Gasteiger partial charge in [0.25, 0.3) is 0 Å². The Morgan fingerprint density at radius 1 is 0.545 bits per heavy atom. The van der Waals surface area contributed by atoms with Gasteiger partial charge in [0.2, 0.25) is 0 Å². The summed E-state index contributed by atoms with van der Waals surface area (Å²) in [5, 5.41) is 41.6. The van der Waals surface area contributed by atoms with E-state index >= 15 is 0 Å². The molecule has 0 spiro atoms. The van der Waals surface area contributed by atoms with Gasteiger partial charge in [0, 0.05) is 120 Å². The van der Waals surface area contributed by atoms with Gasteiger partial charge in [-0.25, -0.2) is 0 Å². The number of carboxylic acid groups (broad SMARTS) is 4. The molecule has 126 valence electrons. The summed E-state index contributed by atoms with van der Waals surface area (Å²) in [6, 6.07) is 0. The van der Waals surface area contributed by atoms with Crippen molar-refractivity contribution in [3.05, 3.63) is 0 Å². The zero-order valence-electron chi connectivity index (χ0n) is 11.2. The SMILES string of the molecule is O=C([O-])CN(CCN(CC(=O)[O-])CC(=O)[O-])CC(=O)[O-].[Sm].[Sm]. The molecular formula is C10H12N2O8Sm2-4. The molecule has 0 aromatic heterocycles. The predicted molar refractivity (Wildman–Crippen MR) is 52.9 cm³/mol. The van der Waals surface area contributed by atoms with Crippen molar-refractivity contribution in [3.8, 4) is 0 Å². The molecule has 0 unspecified atom stereocenters. The number of carboxylic acids is 4. The maximum atomic E-state index is 10.4. The maximum absolute atomic E-state index is 10.4. The van der Waals surface area contributed by atoms with Gasteiger partial charge in [0.15, 0.2) is 0 Å². The molecule has 0 rings (SSSR count). The fourth-order valence-corrected chi connectivity index (χ4v) is 1.44. The molecule has 0 aliphatic heterocycles.